The normalized spacial score (nSPS) is 12.8. The van der Waals surface area contributed by atoms with Gasteiger partial charge in [-0.05, 0) is 38.1 Å². The summed E-state index contributed by atoms with van der Waals surface area (Å²) in [7, 11) is 0. The highest BCUT2D eigenvalue weighted by atomic mass is 16.3. The van der Waals surface area contributed by atoms with Gasteiger partial charge in [-0.25, -0.2) is 0 Å². The van der Waals surface area contributed by atoms with E-state index in [1.54, 1.807) is 13.8 Å². The van der Waals surface area contributed by atoms with Gasteiger partial charge in [0.05, 0.1) is 5.60 Å². The Kier molecular flexibility index (Phi) is 6.53. The molecule has 0 bridgehead atoms. The third kappa shape index (κ3) is 9.30. The second kappa shape index (κ2) is 7.09. The first-order valence-corrected chi connectivity index (χ1v) is 5.40. The van der Waals surface area contributed by atoms with Crippen molar-refractivity contribution in [2.45, 2.75) is 45.6 Å². The molecule has 0 aliphatic heterocycles. The van der Waals surface area contributed by atoms with Crippen molar-refractivity contribution in [3.8, 4) is 0 Å². The van der Waals surface area contributed by atoms with Crippen LogP contribution < -0.4 is 5.32 Å². The molecule has 1 unspecified atom stereocenters. The highest BCUT2D eigenvalue weighted by Crippen LogP contribution is 2.15. The van der Waals surface area contributed by atoms with Crippen molar-refractivity contribution in [2.24, 2.45) is 11.0 Å². The summed E-state index contributed by atoms with van der Waals surface area (Å²) in [5.74, 6) is 0.306. The number of nitrogens with zero attached hydrogens (tertiary/aromatic N) is 3. The third-order valence-corrected chi connectivity index (χ3v) is 2.22. The Bertz CT molecular complexity index is 266. The molecule has 0 spiro atoms. The Morgan fingerprint density at radius 3 is 2.75 bits per heavy atom. The maximum absolute atomic E-state index is 10.8. The van der Waals surface area contributed by atoms with Gasteiger partial charge in [0, 0.05) is 16.6 Å². The van der Waals surface area contributed by atoms with Gasteiger partial charge in [0.25, 0.3) is 0 Å². The van der Waals surface area contributed by atoms with Crippen LogP contribution in [0.3, 0.4) is 0 Å². The number of hydrogen-bond donors (Lipinski definition) is 2. The molecule has 0 fully saturated rings. The quantitative estimate of drug-likeness (QED) is 0.415. The number of rotatable bonds is 6. The van der Waals surface area contributed by atoms with Gasteiger partial charge in [0.2, 0.25) is 0 Å². The second-order valence-electron chi connectivity index (χ2n) is 4.69. The molecule has 92 valence electrons. The summed E-state index contributed by atoms with van der Waals surface area (Å²) in [5.41, 5.74) is 7.37. The molecule has 0 aliphatic rings. The standard InChI is InChI=1S/C10H20N4O2/c1-8(5-4-6-10(2,3)16)7-12-9(15)13-14-11/h8,16H,4-7H2,1-3H3,(H,12,15). The first-order chi connectivity index (χ1) is 7.35. The van der Waals surface area contributed by atoms with Crippen LogP contribution in [0, 0.1) is 5.92 Å². The second-order valence-corrected chi connectivity index (χ2v) is 4.69. The minimum absolute atomic E-state index is 0.306. The summed E-state index contributed by atoms with van der Waals surface area (Å²) in [6.07, 6.45) is 2.56. The summed E-state index contributed by atoms with van der Waals surface area (Å²) in [6.45, 7) is 6.05. The molecule has 0 rings (SSSR count). The van der Waals surface area contributed by atoms with Gasteiger partial charge in [-0.2, -0.15) is 0 Å². The smallest absolute Gasteiger partial charge is 0.308 e. The Hall–Kier alpha value is -1.26. The minimum Gasteiger partial charge on any atom is -0.390 e. The average molecular weight is 228 g/mol. The monoisotopic (exact) mass is 228 g/mol. The van der Waals surface area contributed by atoms with E-state index in [1.165, 1.54) is 0 Å². The predicted molar refractivity (Wildman–Crippen MR) is 61.9 cm³/mol. The number of hydrogen-bond acceptors (Lipinski definition) is 2. The lowest BCUT2D eigenvalue weighted by atomic mass is 9.97. The van der Waals surface area contributed by atoms with Crippen LogP contribution >= 0.6 is 0 Å². The van der Waals surface area contributed by atoms with E-state index in [9.17, 15) is 9.90 Å². The lowest BCUT2D eigenvalue weighted by Crippen LogP contribution is -2.25. The van der Waals surface area contributed by atoms with E-state index in [-0.39, 0.29) is 0 Å². The van der Waals surface area contributed by atoms with Gasteiger partial charge in [0.1, 0.15) is 0 Å². The highest BCUT2D eigenvalue weighted by Gasteiger charge is 2.12. The van der Waals surface area contributed by atoms with Crippen molar-refractivity contribution in [2.75, 3.05) is 6.54 Å². The molecule has 0 aromatic rings. The van der Waals surface area contributed by atoms with Crippen molar-refractivity contribution in [3.05, 3.63) is 10.4 Å². The van der Waals surface area contributed by atoms with Gasteiger partial charge in [-0.1, -0.05) is 13.3 Å². The van der Waals surface area contributed by atoms with Crippen LogP contribution in [0.1, 0.15) is 40.0 Å². The predicted octanol–water partition coefficient (Wildman–Crippen LogP) is 2.58. The number of nitrogens with one attached hydrogen (secondary N) is 1. The van der Waals surface area contributed by atoms with E-state index < -0.39 is 11.6 Å². The Balaban J connectivity index is 3.63. The van der Waals surface area contributed by atoms with Crippen LogP contribution in [-0.4, -0.2) is 23.3 Å². The lowest BCUT2D eigenvalue weighted by Gasteiger charge is -2.18. The van der Waals surface area contributed by atoms with Crippen LogP contribution in [0.25, 0.3) is 10.4 Å². The molecule has 6 heteroatoms. The molecule has 0 aliphatic carbocycles. The first kappa shape index (κ1) is 14.7. The summed E-state index contributed by atoms with van der Waals surface area (Å²) in [4.78, 5) is 13.2. The van der Waals surface area contributed by atoms with Crippen molar-refractivity contribution < 1.29 is 9.90 Å². The maximum atomic E-state index is 10.8. The number of carbonyl (C=O) groups is 1. The molecule has 0 aromatic carbocycles. The number of urea groups is 1. The minimum atomic E-state index is -0.642. The van der Waals surface area contributed by atoms with Crippen molar-refractivity contribution in [3.63, 3.8) is 0 Å². The van der Waals surface area contributed by atoms with Gasteiger partial charge in [0.15, 0.2) is 0 Å². The van der Waals surface area contributed by atoms with Gasteiger partial charge >= 0.3 is 6.03 Å². The largest absolute Gasteiger partial charge is 0.390 e. The Labute approximate surface area is 95.7 Å². The fourth-order valence-corrected chi connectivity index (χ4v) is 1.32. The van der Waals surface area contributed by atoms with Crippen molar-refractivity contribution >= 4 is 6.03 Å². The zero-order valence-electron chi connectivity index (χ0n) is 10.1. The van der Waals surface area contributed by atoms with Crippen LogP contribution in [0.2, 0.25) is 0 Å². The van der Waals surface area contributed by atoms with Crippen LogP contribution in [0.5, 0.6) is 0 Å². The third-order valence-electron chi connectivity index (χ3n) is 2.22. The summed E-state index contributed by atoms with van der Waals surface area (Å²) >= 11 is 0. The SMILES string of the molecule is CC(CCCC(C)(C)O)CNC(=O)N=[N+]=[N-]. The van der Waals surface area contributed by atoms with E-state index in [0.717, 1.165) is 19.3 Å². The Morgan fingerprint density at radius 1 is 1.62 bits per heavy atom. The van der Waals surface area contributed by atoms with Gasteiger partial charge in [-0.3, -0.25) is 4.79 Å². The van der Waals surface area contributed by atoms with Crippen LogP contribution in [0.15, 0.2) is 5.11 Å². The summed E-state index contributed by atoms with van der Waals surface area (Å²) in [5, 5.41) is 14.9. The topological polar surface area (TPSA) is 98.1 Å². The fraction of sp³-hybridized carbons (Fsp3) is 0.900. The van der Waals surface area contributed by atoms with E-state index in [2.05, 4.69) is 15.3 Å². The molecule has 16 heavy (non-hydrogen) atoms. The zero-order valence-corrected chi connectivity index (χ0v) is 10.1. The average Bonchev–Trinajstić information content (AvgIpc) is 2.13. The van der Waals surface area contributed by atoms with E-state index in [1.807, 2.05) is 6.92 Å². The number of amides is 2. The van der Waals surface area contributed by atoms with Crippen LogP contribution in [0.4, 0.5) is 4.79 Å². The molecular formula is C10H20N4O2. The van der Waals surface area contributed by atoms with E-state index in [0.29, 0.717) is 12.5 Å². The number of azide groups is 1. The lowest BCUT2D eigenvalue weighted by molar-refractivity contribution is 0.0670. The Morgan fingerprint density at radius 2 is 2.25 bits per heavy atom. The molecule has 0 saturated carbocycles. The number of carbonyl (C=O) groups excluding carboxylic acids is 1. The molecule has 2 N–H and O–H groups in total. The molecule has 0 saturated heterocycles. The van der Waals surface area contributed by atoms with Crippen molar-refractivity contribution in [1.29, 1.82) is 0 Å². The summed E-state index contributed by atoms with van der Waals surface area (Å²) in [6, 6.07) is -0.642. The zero-order chi connectivity index (χ0) is 12.6. The molecule has 2 amide bonds. The molecule has 6 nitrogen and oxygen atoms in total. The summed E-state index contributed by atoms with van der Waals surface area (Å²) < 4.78 is 0. The van der Waals surface area contributed by atoms with Crippen LogP contribution in [-0.2, 0) is 0 Å². The van der Waals surface area contributed by atoms with Gasteiger partial charge < -0.3 is 10.4 Å². The van der Waals surface area contributed by atoms with Crippen molar-refractivity contribution in [1.82, 2.24) is 5.32 Å². The highest BCUT2D eigenvalue weighted by molar-refractivity contribution is 5.74. The molecule has 0 heterocycles. The first-order valence-electron chi connectivity index (χ1n) is 5.40. The molecular weight excluding hydrogens is 208 g/mol. The fourth-order valence-electron chi connectivity index (χ4n) is 1.32. The maximum Gasteiger partial charge on any atom is 0.308 e. The van der Waals surface area contributed by atoms with Gasteiger partial charge in [-0.15, -0.1) is 0 Å². The molecule has 0 aromatic heterocycles. The molecule has 0 radical (unpaired) electrons. The molecule has 1 atom stereocenters. The van der Waals surface area contributed by atoms with E-state index >= 15 is 0 Å². The number of aliphatic hydroxyl groups is 1. The van der Waals surface area contributed by atoms with E-state index in [4.69, 9.17) is 5.53 Å².